The number of carboxylic acid groups (broad SMARTS) is 1. The lowest BCUT2D eigenvalue weighted by Gasteiger charge is -2.33. The standard InChI is InChI=1S/C13H24N2O3/c1-9-4-5-11(8-10(9)2)14-13(18)15(3)7-6-12(16)17/h9-11H,4-8H2,1-3H3,(H,14,18)(H,16,17). The van der Waals surface area contributed by atoms with E-state index in [0.717, 1.165) is 25.2 Å². The summed E-state index contributed by atoms with van der Waals surface area (Å²) in [5.74, 6) is 0.478. The zero-order valence-electron chi connectivity index (χ0n) is 11.5. The summed E-state index contributed by atoms with van der Waals surface area (Å²) >= 11 is 0. The molecule has 2 N–H and O–H groups in total. The van der Waals surface area contributed by atoms with Crippen molar-refractivity contribution in [2.75, 3.05) is 13.6 Å². The van der Waals surface area contributed by atoms with E-state index >= 15 is 0 Å². The molecule has 0 aromatic heterocycles. The van der Waals surface area contributed by atoms with E-state index in [-0.39, 0.29) is 25.0 Å². The highest BCUT2D eigenvalue weighted by molar-refractivity contribution is 5.75. The summed E-state index contributed by atoms with van der Waals surface area (Å²) in [4.78, 5) is 23.7. The first-order valence-electron chi connectivity index (χ1n) is 6.63. The van der Waals surface area contributed by atoms with E-state index in [1.807, 2.05) is 0 Å². The lowest BCUT2D eigenvalue weighted by atomic mass is 9.79. The molecule has 5 nitrogen and oxygen atoms in total. The third kappa shape index (κ3) is 4.55. The maximum atomic E-state index is 11.8. The molecule has 18 heavy (non-hydrogen) atoms. The third-order valence-corrected chi connectivity index (χ3v) is 3.93. The molecule has 0 aromatic rings. The van der Waals surface area contributed by atoms with Crippen LogP contribution >= 0.6 is 0 Å². The third-order valence-electron chi connectivity index (χ3n) is 3.93. The number of nitrogens with zero attached hydrogens (tertiary/aromatic N) is 1. The van der Waals surface area contributed by atoms with Gasteiger partial charge in [-0.1, -0.05) is 13.8 Å². The average Bonchev–Trinajstić information content (AvgIpc) is 2.30. The molecule has 0 saturated heterocycles. The van der Waals surface area contributed by atoms with Crippen LogP contribution in [0.3, 0.4) is 0 Å². The molecule has 0 radical (unpaired) electrons. The molecule has 5 heteroatoms. The van der Waals surface area contributed by atoms with Crippen LogP contribution in [0.5, 0.6) is 0 Å². The second-order valence-corrected chi connectivity index (χ2v) is 5.48. The zero-order chi connectivity index (χ0) is 13.7. The summed E-state index contributed by atoms with van der Waals surface area (Å²) in [5.41, 5.74) is 0. The molecule has 3 atom stereocenters. The number of rotatable bonds is 4. The molecule has 1 rings (SSSR count). The van der Waals surface area contributed by atoms with Gasteiger partial charge in [-0.2, -0.15) is 0 Å². The van der Waals surface area contributed by atoms with Gasteiger partial charge in [0, 0.05) is 19.6 Å². The number of carbonyl (C=O) groups excluding carboxylic acids is 1. The quantitative estimate of drug-likeness (QED) is 0.807. The number of hydrogen-bond donors (Lipinski definition) is 2. The van der Waals surface area contributed by atoms with Crippen molar-refractivity contribution in [1.29, 1.82) is 0 Å². The highest BCUT2D eigenvalue weighted by atomic mass is 16.4. The Bertz CT molecular complexity index is 307. The molecule has 0 spiro atoms. The van der Waals surface area contributed by atoms with Crippen LogP contribution < -0.4 is 5.32 Å². The zero-order valence-corrected chi connectivity index (χ0v) is 11.5. The normalized spacial score (nSPS) is 27.6. The van der Waals surface area contributed by atoms with Crippen molar-refractivity contribution < 1.29 is 14.7 Å². The molecule has 3 unspecified atom stereocenters. The fourth-order valence-electron chi connectivity index (χ4n) is 2.33. The molecule has 0 bridgehead atoms. The van der Waals surface area contributed by atoms with Crippen LogP contribution in [0.4, 0.5) is 4.79 Å². The van der Waals surface area contributed by atoms with E-state index in [2.05, 4.69) is 19.2 Å². The van der Waals surface area contributed by atoms with Crippen molar-refractivity contribution in [3.05, 3.63) is 0 Å². The molecule has 0 aliphatic heterocycles. The van der Waals surface area contributed by atoms with Gasteiger partial charge < -0.3 is 15.3 Å². The van der Waals surface area contributed by atoms with Crippen LogP contribution in [0.25, 0.3) is 0 Å². The number of nitrogens with one attached hydrogen (secondary N) is 1. The number of urea groups is 1. The van der Waals surface area contributed by atoms with Gasteiger partial charge in [-0.15, -0.1) is 0 Å². The molecule has 2 amide bonds. The maximum absolute atomic E-state index is 11.8. The minimum absolute atomic E-state index is 0.0119. The van der Waals surface area contributed by atoms with Crippen molar-refractivity contribution >= 4 is 12.0 Å². The molecule has 104 valence electrons. The molecule has 0 aromatic carbocycles. The lowest BCUT2D eigenvalue weighted by molar-refractivity contribution is -0.137. The van der Waals surface area contributed by atoms with Gasteiger partial charge in [-0.25, -0.2) is 4.79 Å². The van der Waals surface area contributed by atoms with Gasteiger partial charge in [-0.05, 0) is 31.1 Å². The number of amides is 2. The monoisotopic (exact) mass is 256 g/mol. The summed E-state index contributed by atoms with van der Waals surface area (Å²) in [5, 5.41) is 11.6. The van der Waals surface area contributed by atoms with Crippen molar-refractivity contribution in [3.63, 3.8) is 0 Å². The number of carboxylic acids is 1. The Morgan fingerprint density at radius 2 is 1.94 bits per heavy atom. The molecular formula is C13H24N2O3. The van der Waals surface area contributed by atoms with Crippen molar-refractivity contribution in [1.82, 2.24) is 10.2 Å². The Kier molecular flexibility index (Phi) is 5.44. The van der Waals surface area contributed by atoms with Gasteiger partial charge in [0.2, 0.25) is 0 Å². The summed E-state index contributed by atoms with van der Waals surface area (Å²) < 4.78 is 0. The number of aliphatic carboxylic acids is 1. The molecular weight excluding hydrogens is 232 g/mol. The predicted octanol–water partition coefficient (Wildman–Crippen LogP) is 1.93. The largest absolute Gasteiger partial charge is 0.481 e. The van der Waals surface area contributed by atoms with E-state index in [1.54, 1.807) is 7.05 Å². The average molecular weight is 256 g/mol. The first-order valence-corrected chi connectivity index (χ1v) is 6.63. The molecule has 1 saturated carbocycles. The Balaban J connectivity index is 2.33. The van der Waals surface area contributed by atoms with Crippen LogP contribution in [-0.4, -0.2) is 41.6 Å². The summed E-state index contributed by atoms with van der Waals surface area (Å²) in [6.45, 7) is 4.72. The van der Waals surface area contributed by atoms with Gasteiger partial charge in [0.25, 0.3) is 0 Å². The van der Waals surface area contributed by atoms with Gasteiger partial charge in [0.1, 0.15) is 0 Å². The van der Waals surface area contributed by atoms with E-state index in [9.17, 15) is 9.59 Å². The van der Waals surface area contributed by atoms with E-state index in [0.29, 0.717) is 5.92 Å². The van der Waals surface area contributed by atoms with Gasteiger partial charge in [0.15, 0.2) is 0 Å². The smallest absolute Gasteiger partial charge is 0.317 e. The van der Waals surface area contributed by atoms with E-state index < -0.39 is 5.97 Å². The molecule has 1 fully saturated rings. The topological polar surface area (TPSA) is 69.6 Å². The molecule has 1 aliphatic carbocycles. The minimum atomic E-state index is -0.880. The number of hydrogen-bond acceptors (Lipinski definition) is 2. The fraction of sp³-hybridized carbons (Fsp3) is 0.846. The van der Waals surface area contributed by atoms with E-state index in [4.69, 9.17) is 5.11 Å². The maximum Gasteiger partial charge on any atom is 0.317 e. The van der Waals surface area contributed by atoms with Crippen molar-refractivity contribution in [2.24, 2.45) is 11.8 Å². The van der Waals surface area contributed by atoms with Crippen LogP contribution in [0.15, 0.2) is 0 Å². The van der Waals surface area contributed by atoms with E-state index in [1.165, 1.54) is 4.90 Å². The first-order chi connectivity index (χ1) is 8.40. The summed E-state index contributed by atoms with van der Waals surface area (Å²) in [6.07, 6.45) is 3.16. The Hall–Kier alpha value is -1.26. The predicted molar refractivity (Wildman–Crippen MR) is 69.4 cm³/mol. The summed E-state index contributed by atoms with van der Waals surface area (Å²) in [7, 11) is 1.63. The van der Waals surface area contributed by atoms with Crippen LogP contribution in [0, 0.1) is 11.8 Å². The van der Waals surface area contributed by atoms with Gasteiger partial charge in [0.05, 0.1) is 6.42 Å². The van der Waals surface area contributed by atoms with Crippen LogP contribution in [0.1, 0.15) is 39.5 Å². The Labute approximate surface area is 109 Å². The van der Waals surface area contributed by atoms with Crippen LogP contribution in [-0.2, 0) is 4.79 Å². The van der Waals surface area contributed by atoms with Crippen molar-refractivity contribution in [3.8, 4) is 0 Å². The SMILES string of the molecule is CC1CCC(NC(=O)N(C)CCC(=O)O)CC1C. The fourth-order valence-corrected chi connectivity index (χ4v) is 2.33. The lowest BCUT2D eigenvalue weighted by Crippen LogP contribution is -2.46. The van der Waals surface area contributed by atoms with Crippen LogP contribution in [0.2, 0.25) is 0 Å². The second kappa shape index (κ2) is 6.61. The summed E-state index contributed by atoms with van der Waals surface area (Å²) in [6, 6.07) is 0.0685. The van der Waals surface area contributed by atoms with Gasteiger partial charge >= 0.3 is 12.0 Å². The second-order valence-electron chi connectivity index (χ2n) is 5.48. The molecule has 0 heterocycles. The highest BCUT2D eigenvalue weighted by Crippen LogP contribution is 2.29. The Morgan fingerprint density at radius 1 is 1.28 bits per heavy atom. The first kappa shape index (κ1) is 14.8. The Morgan fingerprint density at radius 3 is 2.50 bits per heavy atom. The minimum Gasteiger partial charge on any atom is -0.481 e. The number of carbonyl (C=O) groups is 2. The van der Waals surface area contributed by atoms with Gasteiger partial charge in [-0.3, -0.25) is 4.79 Å². The molecule has 1 aliphatic rings. The van der Waals surface area contributed by atoms with Crippen molar-refractivity contribution in [2.45, 2.75) is 45.6 Å². The highest BCUT2D eigenvalue weighted by Gasteiger charge is 2.26.